The molecule has 1 aromatic heterocycles. The molecule has 6 nitrogen and oxygen atoms in total. The van der Waals surface area contributed by atoms with E-state index in [4.69, 9.17) is 14.2 Å². The molecule has 0 aliphatic carbocycles. The van der Waals surface area contributed by atoms with Crippen LogP contribution in [0.25, 0.3) is 0 Å². The van der Waals surface area contributed by atoms with Gasteiger partial charge in [-0.15, -0.1) is 0 Å². The van der Waals surface area contributed by atoms with Crippen LogP contribution in [-0.2, 0) is 11.3 Å². The minimum atomic E-state index is -0.192. The fourth-order valence-corrected chi connectivity index (χ4v) is 2.73. The number of pyridine rings is 1. The Morgan fingerprint density at radius 2 is 1.79 bits per heavy atom. The number of ether oxygens (including phenoxy) is 3. The number of hydrogen-bond acceptors (Lipinski definition) is 5. The van der Waals surface area contributed by atoms with Crippen LogP contribution in [0.15, 0.2) is 73.1 Å². The van der Waals surface area contributed by atoms with Gasteiger partial charge in [0.15, 0.2) is 18.1 Å². The van der Waals surface area contributed by atoms with E-state index in [2.05, 4.69) is 4.98 Å². The molecule has 0 saturated carbocycles. The molecule has 0 unspecified atom stereocenters. The number of carbonyl (C=O) groups excluding carboxylic acids is 1. The number of nitrogens with zero attached hydrogens (tertiary/aromatic N) is 2. The lowest BCUT2D eigenvalue weighted by Gasteiger charge is -2.23. The second kappa shape index (κ2) is 9.41. The van der Waals surface area contributed by atoms with Crippen molar-refractivity contribution in [1.29, 1.82) is 0 Å². The Balaban J connectivity index is 1.81. The van der Waals surface area contributed by atoms with Gasteiger partial charge in [-0.05, 0) is 35.9 Å². The molecule has 0 bridgehead atoms. The molecule has 6 heteroatoms. The molecule has 0 aliphatic rings. The van der Waals surface area contributed by atoms with Gasteiger partial charge in [0.1, 0.15) is 5.75 Å². The first kappa shape index (κ1) is 19.2. The molecule has 0 radical (unpaired) electrons. The summed E-state index contributed by atoms with van der Waals surface area (Å²) in [5.74, 6) is 1.58. The third-order valence-electron chi connectivity index (χ3n) is 4.15. The van der Waals surface area contributed by atoms with Gasteiger partial charge in [-0.3, -0.25) is 9.78 Å². The molecule has 0 atom stereocenters. The zero-order valence-corrected chi connectivity index (χ0v) is 15.9. The van der Waals surface area contributed by atoms with Crippen molar-refractivity contribution in [3.05, 3.63) is 78.6 Å². The molecular weight excluding hydrogens is 356 g/mol. The second-order valence-electron chi connectivity index (χ2n) is 5.98. The summed E-state index contributed by atoms with van der Waals surface area (Å²) >= 11 is 0. The highest BCUT2D eigenvalue weighted by Gasteiger charge is 2.18. The number of rotatable bonds is 8. The first-order chi connectivity index (χ1) is 13.7. The molecule has 2 aromatic carbocycles. The quantitative estimate of drug-likeness (QED) is 0.598. The molecule has 0 aliphatic heterocycles. The van der Waals surface area contributed by atoms with E-state index < -0.39 is 0 Å². The molecule has 0 saturated heterocycles. The summed E-state index contributed by atoms with van der Waals surface area (Å²) in [5, 5.41) is 0. The summed E-state index contributed by atoms with van der Waals surface area (Å²) in [6.45, 7) is 0.243. The maximum Gasteiger partial charge on any atom is 0.265 e. The van der Waals surface area contributed by atoms with Gasteiger partial charge in [-0.25, -0.2) is 0 Å². The highest BCUT2D eigenvalue weighted by atomic mass is 16.5. The fraction of sp³-hybridized carbons (Fsp3) is 0.182. The normalized spacial score (nSPS) is 10.2. The topological polar surface area (TPSA) is 60.9 Å². The lowest BCUT2D eigenvalue weighted by Crippen LogP contribution is -2.34. The van der Waals surface area contributed by atoms with Crippen molar-refractivity contribution in [2.75, 3.05) is 25.7 Å². The van der Waals surface area contributed by atoms with E-state index >= 15 is 0 Å². The molecule has 144 valence electrons. The van der Waals surface area contributed by atoms with Crippen LogP contribution in [-0.4, -0.2) is 31.7 Å². The first-order valence-electron chi connectivity index (χ1n) is 8.80. The Kier molecular flexibility index (Phi) is 6.46. The van der Waals surface area contributed by atoms with Gasteiger partial charge in [-0.1, -0.05) is 24.3 Å². The van der Waals surface area contributed by atoms with Crippen molar-refractivity contribution >= 4 is 11.6 Å². The van der Waals surface area contributed by atoms with Crippen LogP contribution >= 0.6 is 0 Å². The third-order valence-corrected chi connectivity index (χ3v) is 4.15. The lowest BCUT2D eigenvalue weighted by atomic mass is 10.2. The highest BCUT2D eigenvalue weighted by molar-refractivity contribution is 5.94. The standard InChI is InChI=1S/C22H22N2O4/c1-26-19-9-5-8-18(13-19)24(15-17-7-6-12-23-14-17)22(25)16-28-21-11-4-3-10-20(21)27-2/h3-14H,15-16H2,1-2H3. The summed E-state index contributed by atoms with van der Waals surface area (Å²) in [5.41, 5.74) is 1.63. The van der Waals surface area contributed by atoms with Crippen LogP contribution in [0.5, 0.6) is 17.2 Å². The number of anilines is 1. The Bertz CT molecular complexity index is 915. The van der Waals surface area contributed by atoms with E-state index in [0.717, 1.165) is 11.3 Å². The molecule has 0 N–H and O–H groups in total. The Labute approximate surface area is 164 Å². The number of amides is 1. The fourth-order valence-electron chi connectivity index (χ4n) is 2.73. The number of para-hydroxylation sites is 2. The molecule has 0 spiro atoms. The summed E-state index contributed by atoms with van der Waals surface area (Å²) in [4.78, 5) is 18.8. The van der Waals surface area contributed by atoms with E-state index in [-0.39, 0.29) is 12.5 Å². The predicted octanol–water partition coefficient (Wildman–Crippen LogP) is 3.71. The smallest absolute Gasteiger partial charge is 0.265 e. The first-order valence-corrected chi connectivity index (χ1v) is 8.80. The van der Waals surface area contributed by atoms with Gasteiger partial charge in [0, 0.05) is 24.1 Å². The van der Waals surface area contributed by atoms with Crippen LogP contribution in [0.1, 0.15) is 5.56 Å². The van der Waals surface area contributed by atoms with Gasteiger partial charge >= 0.3 is 0 Å². The monoisotopic (exact) mass is 378 g/mol. The van der Waals surface area contributed by atoms with Crippen LogP contribution in [0, 0.1) is 0 Å². The van der Waals surface area contributed by atoms with Gasteiger partial charge in [0.25, 0.3) is 5.91 Å². The zero-order valence-electron chi connectivity index (χ0n) is 15.9. The summed E-state index contributed by atoms with van der Waals surface area (Å²) in [6, 6.07) is 18.4. The largest absolute Gasteiger partial charge is 0.497 e. The Morgan fingerprint density at radius 3 is 2.50 bits per heavy atom. The van der Waals surface area contributed by atoms with Gasteiger partial charge < -0.3 is 19.1 Å². The predicted molar refractivity (Wildman–Crippen MR) is 107 cm³/mol. The van der Waals surface area contributed by atoms with E-state index in [1.165, 1.54) is 0 Å². The zero-order chi connectivity index (χ0) is 19.8. The number of carbonyl (C=O) groups is 1. The molecule has 1 amide bonds. The molecule has 3 rings (SSSR count). The second-order valence-corrected chi connectivity index (χ2v) is 5.98. The van der Waals surface area contributed by atoms with Crippen molar-refractivity contribution in [1.82, 2.24) is 4.98 Å². The summed E-state index contributed by atoms with van der Waals surface area (Å²) in [7, 11) is 3.16. The van der Waals surface area contributed by atoms with Crippen molar-refractivity contribution in [3.63, 3.8) is 0 Å². The van der Waals surface area contributed by atoms with Gasteiger partial charge in [0.05, 0.1) is 20.8 Å². The average molecular weight is 378 g/mol. The van der Waals surface area contributed by atoms with Crippen molar-refractivity contribution in [3.8, 4) is 17.2 Å². The number of hydrogen-bond donors (Lipinski definition) is 0. The van der Waals surface area contributed by atoms with E-state index in [1.807, 2.05) is 48.5 Å². The SMILES string of the molecule is COc1cccc(N(Cc2cccnc2)C(=O)COc2ccccc2OC)c1. The van der Waals surface area contributed by atoms with Crippen LogP contribution in [0.3, 0.4) is 0 Å². The van der Waals surface area contributed by atoms with Crippen LogP contribution in [0.2, 0.25) is 0 Å². The van der Waals surface area contributed by atoms with Crippen LogP contribution in [0.4, 0.5) is 5.69 Å². The maximum absolute atomic E-state index is 13.0. The van der Waals surface area contributed by atoms with E-state index in [0.29, 0.717) is 23.8 Å². The third kappa shape index (κ3) is 4.79. The summed E-state index contributed by atoms with van der Waals surface area (Å²) < 4.78 is 16.3. The van der Waals surface area contributed by atoms with Crippen LogP contribution < -0.4 is 19.1 Å². The van der Waals surface area contributed by atoms with Gasteiger partial charge in [0.2, 0.25) is 0 Å². The average Bonchev–Trinajstić information content (AvgIpc) is 2.76. The minimum Gasteiger partial charge on any atom is -0.497 e. The Morgan fingerprint density at radius 1 is 0.964 bits per heavy atom. The van der Waals surface area contributed by atoms with E-state index in [1.54, 1.807) is 43.6 Å². The van der Waals surface area contributed by atoms with E-state index in [9.17, 15) is 4.79 Å². The summed E-state index contributed by atoms with van der Waals surface area (Å²) in [6.07, 6.45) is 3.44. The minimum absolute atomic E-state index is 0.127. The molecule has 3 aromatic rings. The van der Waals surface area contributed by atoms with Gasteiger partial charge in [-0.2, -0.15) is 0 Å². The Hall–Kier alpha value is -3.54. The maximum atomic E-state index is 13.0. The lowest BCUT2D eigenvalue weighted by molar-refractivity contribution is -0.120. The van der Waals surface area contributed by atoms with Crippen molar-refractivity contribution in [2.24, 2.45) is 0 Å². The number of aromatic nitrogens is 1. The molecule has 1 heterocycles. The highest BCUT2D eigenvalue weighted by Crippen LogP contribution is 2.27. The van der Waals surface area contributed by atoms with Crippen molar-refractivity contribution < 1.29 is 19.0 Å². The number of benzene rings is 2. The molecule has 28 heavy (non-hydrogen) atoms. The molecule has 0 fully saturated rings. The number of methoxy groups -OCH3 is 2. The van der Waals surface area contributed by atoms with Crippen molar-refractivity contribution in [2.45, 2.75) is 6.54 Å². The molecular formula is C22H22N2O4.